The van der Waals surface area contributed by atoms with Crippen molar-refractivity contribution in [2.24, 2.45) is 0 Å². The zero-order valence-electron chi connectivity index (χ0n) is 12.8. The Morgan fingerprint density at radius 3 is 2.04 bits per heavy atom. The van der Waals surface area contributed by atoms with Gasteiger partial charge in [-0.1, -0.05) is 53.5 Å². The average Bonchev–Trinajstić information content (AvgIpc) is 2.57. The van der Waals surface area contributed by atoms with Gasteiger partial charge in [0.2, 0.25) is 0 Å². The standard InChI is InChI=1S/C13H7Cl2NO3.C3H6O2/c14-10-6-9(12(16(18)19)7-11(10)15)13(17)8-4-2-1-3-5-8;1-3(4)5-2/h1-7H;1-2H3. The minimum atomic E-state index is -0.654. The van der Waals surface area contributed by atoms with Gasteiger partial charge in [-0.15, -0.1) is 0 Å². The van der Waals surface area contributed by atoms with E-state index < -0.39 is 10.7 Å². The van der Waals surface area contributed by atoms with E-state index in [1.165, 1.54) is 20.1 Å². The molecule has 8 heteroatoms. The summed E-state index contributed by atoms with van der Waals surface area (Å²) in [5.41, 5.74) is -0.0853. The van der Waals surface area contributed by atoms with Crippen LogP contribution in [-0.2, 0) is 9.53 Å². The van der Waals surface area contributed by atoms with Crippen LogP contribution in [0, 0.1) is 10.1 Å². The van der Waals surface area contributed by atoms with E-state index in [-0.39, 0.29) is 27.3 Å². The van der Waals surface area contributed by atoms with Gasteiger partial charge >= 0.3 is 5.97 Å². The fourth-order valence-electron chi connectivity index (χ4n) is 1.61. The SMILES string of the molecule is COC(C)=O.O=C(c1ccccc1)c1cc(Cl)c(Cl)cc1[N+](=O)[O-]. The number of nitro groups is 1. The molecule has 24 heavy (non-hydrogen) atoms. The van der Waals surface area contributed by atoms with Crippen molar-refractivity contribution in [3.05, 3.63) is 73.8 Å². The van der Waals surface area contributed by atoms with Crippen molar-refractivity contribution in [3.63, 3.8) is 0 Å². The van der Waals surface area contributed by atoms with E-state index in [0.29, 0.717) is 5.56 Å². The number of nitro benzene ring substituents is 1. The van der Waals surface area contributed by atoms with Crippen LogP contribution >= 0.6 is 23.2 Å². The van der Waals surface area contributed by atoms with Crippen molar-refractivity contribution >= 4 is 40.6 Å². The second-order valence-electron chi connectivity index (χ2n) is 4.43. The van der Waals surface area contributed by atoms with E-state index in [2.05, 4.69) is 4.74 Å². The van der Waals surface area contributed by atoms with Gasteiger partial charge in [0.1, 0.15) is 5.56 Å². The summed E-state index contributed by atoms with van der Waals surface area (Å²) in [6.45, 7) is 1.36. The molecule has 0 atom stereocenters. The number of hydrogen-bond acceptors (Lipinski definition) is 5. The Bertz CT molecular complexity index is 763. The van der Waals surface area contributed by atoms with E-state index in [9.17, 15) is 19.7 Å². The van der Waals surface area contributed by atoms with Gasteiger partial charge in [0.15, 0.2) is 5.78 Å². The number of ketones is 1. The number of rotatable bonds is 3. The third kappa shape index (κ3) is 5.33. The molecule has 0 aliphatic rings. The molecule has 6 nitrogen and oxygen atoms in total. The van der Waals surface area contributed by atoms with Gasteiger partial charge in [-0.25, -0.2) is 0 Å². The maximum atomic E-state index is 12.2. The minimum absolute atomic E-state index is 0.0398. The van der Waals surface area contributed by atoms with Crippen molar-refractivity contribution in [1.82, 2.24) is 0 Å². The molecule has 0 aromatic heterocycles. The van der Waals surface area contributed by atoms with Crippen LogP contribution in [0.2, 0.25) is 10.0 Å². The monoisotopic (exact) mass is 369 g/mol. The Kier molecular flexibility index (Phi) is 7.35. The summed E-state index contributed by atoms with van der Waals surface area (Å²) in [7, 11) is 1.35. The predicted molar refractivity (Wildman–Crippen MR) is 90.7 cm³/mol. The maximum Gasteiger partial charge on any atom is 0.302 e. The van der Waals surface area contributed by atoms with Crippen LogP contribution in [0.15, 0.2) is 42.5 Å². The first kappa shape index (κ1) is 19.6. The molecule has 0 saturated carbocycles. The normalized spacial score (nSPS) is 9.50. The Morgan fingerprint density at radius 1 is 1.08 bits per heavy atom. The number of benzene rings is 2. The molecule has 126 valence electrons. The predicted octanol–water partition coefficient (Wildman–Crippen LogP) is 4.31. The van der Waals surface area contributed by atoms with Crippen LogP contribution in [-0.4, -0.2) is 23.8 Å². The van der Waals surface area contributed by atoms with E-state index in [1.807, 2.05) is 0 Å². The van der Waals surface area contributed by atoms with Crippen LogP contribution in [0.4, 0.5) is 5.69 Å². The largest absolute Gasteiger partial charge is 0.469 e. The Labute approximate surface area is 148 Å². The first-order chi connectivity index (χ1) is 11.3. The topological polar surface area (TPSA) is 86.5 Å². The molecule has 0 aliphatic carbocycles. The summed E-state index contributed by atoms with van der Waals surface area (Å²) in [5, 5.41) is 11.1. The Balaban J connectivity index is 0.000000505. The van der Waals surface area contributed by atoms with Gasteiger partial charge < -0.3 is 4.74 Å². The molecule has 0 N–H and O–H groups in total. The van der Waals surface area contributed by atoms with Crippen LogP contribution in [0.3, 0.4) is 0 Å². The molecule has 0 amide bonds. The number of methoxy groups -OCH3 is 1. The summed E-state index contributed by atoms with van der Waals surface area (Å²) < 4.78 is 4.11. The molecule has 2 aromatic rings. The summed E-state index contributed by atoms with van der Waals surface area (Å²) in [6, 6.07) is 10.6. The van der Waals surface area contributed by atoms with Gasteiger partial charge in [0, 0.05) is 18.6 Å². The van der Waals surface area contributed by atoms with Crippen molar-refractivity contribution in [2.75, 3.05) is 7.11 Å². The van der Waals surface area contributed by atoms with Gasteiger partial charge in [0.05, 0.1) is 22.1 Å². The van der Waals surface area contributed by atoms with Crippen molar-refractivity contribution in [1.29, 1.82) is 0 Å². The average molecular weight is 370 g/mol. The second kappa shape index (κ2) is 9.00. The lowest BCUT2D eigenvalue weighted by atomic mass is 10.0. The minimum Gasteiger partial charge on any atom is -0.469 e. The highest BCUT2D eigenvalue weighted by molar-refractivity contribution is 6.42. The number of carbonyl (C=O) groups is 2. The lowest BCUT2D eigenvalue weighted by Crippen LogP contribution is -2.05. The van der Waals surface area contributed by atoms with Gasteiger partial charge in [-0.2, -0.15) is 0 Å². The molecule has 0 aliphatic heterocycles. The number of ether oxygens (including phenoxy) is 1. The van der Waals surface area contributed by atoms with Crippen LogP contribution < -0.4 is 0 Å². The summed E-state index contributed by atoms with van der Waals surface area (Å²) >= 11 is 11.5. The molecule has 0 heterocycles. The molecule has 0 saturated heterocycles. The van der Waals surface area contributed by atoms with Gasteiger partial charge in [-0.3, -0.25) is 19.7 Å². The highest BCUT2D eigenvalue weighted by atomic mass is 35.5. The molecule has 0 spiro atoms. The van der Waals surface area contributed by atoms with Crippen molar-refractivity contribution in [3.8, 4) is 0 Å². The highest BCUT2D eigenvalue weighted by Crippen LogP contribution is 2.31. The zero-order valence-corrected chi connectivity index (χ0v) is 14.3. The van der Waals surface area contributed by atoms with Gasteiger partial charge in [-0.05, 0) is 6.07 Å². The van der Waals surface area contributed by atoms with Crippen molar-refractivity contribution in [2.45, 2.75) is 6.92 Å². The molecule has 0 radical (unpaired) electrons. The van der Waals surface area contributed by atoms with Crippen molar-refractivity contribution < 1.29 is 19.2 Å². The number of esters is 1. The molecule has 2 aromatic carbocycles. The zero-order chi connectivity index (χ0) is 18.3. The fourth-order valence-corrected chi connectivity index (χ4v) is 1.94. The second-order valence-corrected chi connectivity index (χ2v) is 5.25. The maximum absolute atomic E-state index is 12.2. The fraction of sp³-hybridized carbons (Fsp3) is 0.125. The third-order valence-electron chi connectivity index (χ3n) is 2.80. The number of hydrogen-bond donors (Lipinski definition) is 0. The molecule has 0 unspecified atom stereocenters. The summed E-state index contributed by atoms with van der Waals surface area (Å²) in [6.07, 6.45) is 0. The smallest absolute Gasteiger partial charge is 0.302 e. The number of halogens is 2. The Hall–Kier alpha value is -2.44. The lowest BCUT2D eigenvalue weighted by Gasteiger charge is -2.04. The van der Waals surface area contributed by atoms with Crippen LogP contribution in [0.5, 0.6) is 0 Å². The first-order valence-electron chi connectivity index (χ1n) is 6.55. The van der Waals surface area contributed by atoms with E-state index in [4.69, 9.17) is 23.2 Å². The molecule has 0 fully saturated rings. The van der Waals surface area contributed by atoms with E-state index in [1.54, 1.807) is 30.3 Å². The van der Waals surface area contributed by atoms with E-state index >= 15 is 0 Å². The Morgan fingerprint density at radius 2 is 1.58 bits per heavy atom. The number of carbonyl (C=O) groups excluding carboxylic acids is 2. The van der Waals surface area contributed by atoms with Crippen LogP contribution in [0.1, 0.15) is 22.8 Å². The van der Waals surface area contributed by atoms with Gasteiger partial charge in [0.25, 0.3) is 5.69 Å². The van der Waals surface area contributed by atoms with E-state index in [0.717, 1.165) is 6.07 Å². The lowest BCUT2D eigenvalue weighted by molar-refractivity contribution is -0.385. The molecule has 0 bridgehead atoms. The third-order valence-corrected chi connectivity index (χ3v) is 3.53. The summed E-state index contributed by atoms with van der Waals surface area (Å²) in [5.74, 6) is -0.712. The summed E-state index contributed by atoms with van der Waals surface area (Å²) in [4.78, 5) is 32.1. The first-order valence-corrected chi connectivity index (χ1v) is 7.31. The molecular formula is C16H13Cl2NO5. The molecular weight excluding hydrogens is 357 g/mol. The molecule has 2 rings (SSSR count). The quantitative estimate of drug-likeness (QED) is 0.348. The highest BCUT2D eigenvalue weighted by Gasteiger charge is 2.23. The van der Waals surface area contributed by atoms with Crippen LogP contribution in [0.25, 0.3) is 0 Å². The number of nitrogens with zero attached hydrogens (tertiary/aromatic N) is 1.